The number of H-pyrrole nitrogens is 1. The molecule has 1 amide bonds. The number of allylic oxidation sites excluding steroid dienone is 1. The number of fused-ring (bicyclic) bond motifs is 1. The van der Waals surface area contributed by atoms with Gasteiger partial charge in [0.2, 0.25) is 0 Å². The molecule has 5 rings (SSSR count). The van der Waals surface area contributed by atoms with Gasteiger partial charge in [-0.15, -0.1) is 0 Å². The standard InChI is InChI=1S/C27H32N6O3/c1-3-23(22-14-32(13-11-19(22)2)27(34)36-15-20-8-5-4-6-9-20)35-16-21-10-7-12-33(21)26-24-25(29-17-28-24)30-18-31-26/h3-6,8-9,17-18,21H,7,10-16H2,1-2H3,(H,28,29,30,31). The molecule has 0 saturated carbocycles. The Morgan fingerprint density at radius 2 is 2.03 bits per heavy atom. The van der Waals surface area contributed by atoms with Gasteiger partial charge in [0.05, 0.1) is 18.9 Å². The van der Waals surface area contributed by atoms with Crippen molar-refractivity contribution in [3.8, 4) is 0 Å². The molecule has 9 nitrogen and oxygen atoms in total. The maximum absolute atomic E-state index is 12.8. The molecule has 4 heterocycles. The molecule has 36 heavy (non-hydrogen) atoms. The second kappa shape index (κ2) is 10.8. The zero-order valence-electron chi connectivity index (χ0n) is 20.8. The molecule has 2 aliphatic rings. The number of anilines is 1. The smallest absolute Gasteiger partial charge is 0.410 e. The van der Waals surface area contributed by atoms with E-state index < -0.39 is 0 Å². The molecule has 1 unspecified atom stereocenters. The first-order valence-electron chi connectivity index (χ1n) is 12.5. The highest BCUT2D eigenvalue weighted by Gasteiger charge is 2.30. The Labute approximate surface area is 210 Å². The lowest BCUT2D eigenvalue weighted by molar-refractivity contribution is 0.0965. The van der Waals surface area contributed by atoms with Crippen molar-refractivity contribution in [3.05, 3.63) is 71.5 Å². The molecular formula is C27H32N6O3. The molecule has 1 fully saturated rings. The van der Waals surface area contributed by atoms with Crippen molar-refractivity contribution in [3.63, 3.8) is 0 Å². The average Bonchev–Trinajstić information content (AvgIpc) is 3.59. The van der Waals surface area contributed by atoms with Crippen LogP contribution >= 0.6 is 0 Å². The minimum Gasteiger partial charge on any atom is -0.491 e. The zero-order chi connectivity index (χ0) is 24.9. The number of rotatable bonds is 7. The topological polar surface area (TPSA) is 96.5 Å². The van der Waals surface area contributed by atoms with Crippen molar-refractivity contribution in [2.24, 2.45) is 0 Å². The van der Waals surface area contributed by atoms with Gasteiger partial charge in [0, 0.05) is 18.7 Å². The van der Waals surface area contributed by atoms with Crippen molar-refractivity contribution in [1.82, 2.24) is 24.8 Å². The minimum atomic E-state index is -0.298. The number of hydrogen-bond donors (Lipinski definition) is 1. The van der Waals surface area contributed by atoms with Gasteiger partial charge in [-0.1, -0.05) is 35.9 Å². The zero-order valence-corrected chi connectivity index (χ0v) is 20.8. The third-order valence-electron chi connectivity index (χ3n) is 6.93. The maximum Gasteiger partial charge on any atom is 0.410 e. The Balaban J connectivity index is 1.22. The van der Waals surface area contributed by atoms with E-state index in [0.29, 0.717) is 25.3 Å². The molecule has 188 valence electrons. The summed E-state index contributed by atoms with van der Waals surface area (Å²) in [6, 6.07) is 9.93. The van der Waals surface area contributed by atoms with E-state index in [9.17, 15) is 4.79 Å². The van der Waals surface area contributed by atoms with Gasteiger partial charge in [-0.25, -0.2) is 19.7 Å². The molecule has 0 radical (unpaired) electrons. The molecule has 1 atom stereocenters. The van der Waals surface area contributed by atoms with Gasteiger partial charge in [0.15, 0.2) is 11.5 Å². The quantitative estimate of drug-likeness (QED) is 0.486. The predicted octanol–water partition coefficient (Wildman–Crippen LogP) is 4.60. The number of hydrogen-bond acceptors (Lipinski definition) is 7. The summed E-state index contributed by atoms with van der Waals surface area (Å²) in [5.41, 5.74) is 4.80. The lowest BCUT2D eigenvalue weighted by Crippen LogP contribution is -2.38. The normalized spacial score (nSPS) is 18.7. The predicted molar refractivity (Wildman–Crippen MR) is 137 cm³/mol. The Bertz CT molecular complexity index is 1270. The molecule has 0 spiro atoms. The fourth-order valence-corrected chi connectivity index (χ4v) is 4.90. The van der Waals surface area contributed by atoms with Gasteiger partial charge in [0.25, 0.3) is 0 Å². The van der Waals surface area contributed by atoms with Crippen LogP contribution in [0.3, 0.4) is 0 Å². The first kappa shape index (κ1) is 23.8. The number of carbonyl (C=O) groups is 1. The molecule has 1 saturated heterocycles. The summed E-state index contributed by atoms with van der Waals surface area (Å²) in [6.07, 6.45) is 7.80. The van der Waals surface area contributed by atoms with Crippen molar-refractivity contribution in [2.75, 3.05) is 31.1 Å². The summed E-state index contributed by atoms with van der Waals surface area (Å²) in [7, 11) is 0. The monoisotopic (exact) mass is 488 g/mol. The number of nitrogens with zero attached hydrogens (tertiary/aromatic N) is 5. The van der Waals surface area contributed by atoms with E-state index >= 15 is 0 Å². The summed E-state index contributed by atoms with van der Waals surface area (Å²) in [4.78, 5) is 33.0. The highest BCUT2D eigenvalue weighted by Crippen LogP contribution is 2.30. The summed E-state index contributed by atoms with van der Waals surface area (Å²) in [6.45, 7) is 6.94. The van der Waals surface area contributed by atoms with Crippen molar-refractivity contribution < 1.29 is 14.3 Å². The van der Waals surface area contributed by atoms with Gasteiger partial charge in [-0.05, 0) is 44.7 Å². The van der Waals surface area contributed by atoms with Gasteiger partial charge >= 0.3 is 6.09 Å². The SMILES string of the molecule is CC=C(OCC1CCCN1c1ncnc2nc[nH]c12)C1=C(C)CCN(C(=O)OCc2ccccc2)C1. The van der Waals surface area contributed by atoms with E-state index in [1.165, 1.54) is 5.57 Å². The van der Waals surface area contributed by atoms with Crippen LogP contribution in [-0.4, -0.2) is 63.2 Å². The van der Waals surface area contributed by atoms with E-state index in [-0.39, 0.29) is 18.7 Å². The van der Waals surface area contributed by atoms with E-state index in [1.807, 2.05) is 43.3 Å². The van der Waals surface area contributed by atoms with Crippen LogP contribution in [-0.2, 0) is 16.1 Å². The lowest BCUT2D eigenvalue weighted by Gasteiger charge is -2.31. The molecule has 2 aromatic heterocycles. The molecule has 1 aromatic carbocycles. The summed E-state index contributed by atoms with van der Waals surface area (Å²) < 4.78 is 12.0. The number of imidazole rings is 1. The summed E-state index contributed by atoms with van der Waals surface area (Å²) in [5.74, 6) is 1.69. The molecule has 0 aliphatic carbocycles. The van der Waals surface area contributed by atoms with Gasteiger partial charge in [-0.2, -0.15) is 0 Å². The fourth-order valence-electron chi connectivity index (χ4n) is 4.90. The maximum atomic E-state index is 12.8. The molecule has 1 N–H and O–H groups in total. The van der Waals surface area contributed by atoms with Crippen LogP contribution in [0.5, 0.6) is 0 Å². The Morgan fingerprint density at radius 3 is 2.86 bits per heavy atom. The minimum absolute atomic E-state index is 0.192. The van der Waals surface area contributed by atoms with Crippen LogP contribution in [0.4, 0.5) is 10.6 Å². The van der Waals surface area contributed by atoms with Crippen molar-refractivity contribution >= 4 is 23.1 Å². The van der Waals surface area contributed by atoms with Crippen LogP contribution in [0.2, 0.25) is 0 Å². The van der Waals surface area contributed by atoms with Crippen LogP contribution in [0.1, 0.15) is 38.7 Å². The second-order valence-corrected chi connectivity index (χ2v) is 9.22. The Hall–Kier alpha value is -3.88. The number of aromatic nitrogens is 4. The number of benzene rings is 1. The first-order chi connectivity index (χ1) is 17.6. The first-order valence-corrected chi connectivity index (χ1v) is 12.5. The second-order valence-electron chi connectivity index (χ2n) is 9.22. The number of nitrogens with one attached hydrogen (secondary N) is 1. The Kier molecular flexibility index (Phi) is 7.16. The average molecular weight is 489 g/mol. The third-order valence-corrected chi connectivity index (χ3v) is 6.93. The van der Waals surface area contributed by atoms with Crippen LogP contribution in [0.15, 0.2) is 66.0 Å². The van der Waals surface area contributed by atoms with Crippen LogP contribution < -0.4 is 4.90 Å². The van der Waals surface area contributed by atoms with Crippen molar-refractivity contribution in [1.29, 1.82) is 0 Å². The van der Waals surface area contributed by atoms with Gasteiger partial charge in [-0.3, -0.25) is 0 Å². The molecular weight excluding hydrogens is 456 g/mol. The third kappa shape index (κ3) is 5.05. The van der Waals surface area contributed by atoms with Gasteiger partial charge < -0.3 is 24.3 Å². The molecule has 3 aromatic rings. The molecule has 9 heteroatoms. The molecule has 2 aliphatic heterocycles. The summed E-state index contributed by atoms with van der Waals surface area (Å²) in [5, 5.41) is 0. The van der Waals surface area contributed by atoms with E-state index in [1.54, 1.807) is 17.6 Å². The van der Waals surface area contributed by atoms with E-state index in [2.05, 4.69) is 31.8 Å². The highest BCUT2D eigenvalue weighted by atomic mass is 16.6. The lowest BCUT2D eigenvalue weighted by atomic mass is 10.00. The number of carbonyl (C=O) groups excluding carboxylic acids is 1. The highest BCUT2D eigenvalue weighted by molar-refractivity contribution is 5.83. The van der Waals surface area contributed by atoms with Crippen molar-refractivity contribution in [2.45, 2.75) is 45.8 Å². The van der Waals surface area contributed by atoms with E-state index in [0.717, 1.165) is 54.0 Å². The van der Waals surface area contributed by atoms with E-state index in [4.69, 9.17) is 9.47 Å². The van der Waals surface area contributed by atoms with Gasteiger partial charge in [0.1, 0.15) is 30.8 Å². The number of ether oxygens (including phenoxy) is 2. The Morgan fingerprint density at radius 1 is 1.17 bits per heavy atom. The van der Waals surface area contributed by atoms with Crippen LogP contribution in [0, 0.1) is 0 Å². The van der Waals surface area contributed by atoms with Crippen LogP contribution in [0.25, 0.3) is 11.2 Å². The summed E-state index contributed by atoms with van der Waals surface area (Å²) >= 11 is 0. The number of aromatic amines is 1. The fraction of sp³-hybridized carbons (Fsp3) is 0.407. The number of amides is 1. The molecule has 0 bridgehead atoms. The largest absolute Gasteiger partial charge is 0.491 e.